The Balaban J connectivity index is 2.32. The SMILES string of the molecule is CC1CC(=O)N(c2ccccc2Br)O1. The molecule has 4 heteroatoms. The van der Waals surface area contributed by atoms with E-state index in [-0.39, 0.29) is 12.0 Å². The van der Waals surface area contributed by atoms with Crippen molar-refractivity contribution >= 4 is 27.5 Å². The summed E-state index contributed by atoms with van der Waals surface area (Å²) in [6.45, 7) is 1.88. The molecule has 0 aliphatic carbocycles. The van der Waals surface area contributed by atoms with Crippen molar-refractivity contribution in [2.45, 2.75) is 19.4 Å². The summed E-state index contributed by atoms with van der Waals surface area (Å²) in [4.78, 5) is 16.9. The third-order valence-corrected chi connectivity index (χ3v) is 2.72. The number of carbonyl (C=O) groups excluding carboxylic acids is 1. The van der Waals surface area contributed by atoms with E-state index in [9.17, 15) is 4.79 Å². The van der Waals surface area contributed by atoms with Gasteiger partial charge >= 0.3 is 0 Å². The maximum absolute atomic E-state index is 11.5. The van der Waals surface area contributed by atoms with E-state index in [1.807, 2.05) is 31.2 Å². The summed E-state index contributed by atoms with van der Waals surface area (Å²) in [5.74, 6) is 0.00407. The number of hydrogen-bond acceptors (Lipinski definition) is 2. The predicted octanol–water partition coefficient (Wildman–Crippen LogP) is 2.51. The Bertz CT molecular complexity index is 367. The molecule has 1 aliphatic heterocycles. The van der Waals surface area contributed by atoms with Crippen molar-refractivity contribution in [1.82, 2.24) is 0 Å². The first kappa shape index (κ1) is 9.68. The van der Waals surface area contributed by atoms with Crippen LogP contribution in [0.2, 0.25) is 0 Å². The number of halogens is 1. The minimum atomic E-state index is -0.0328. The molecule has 2 rings (SSSR count). The lowest BCUT2D eigenvalue weighted by Crippen LogP contribution is -2.22. The fourth-order valence-electron chi connectivity index (χ4n) is 1.41. The van der Waals surface area contributed by atoms with Crippen LogP contribution in [0.5, 0.6) is 0 Å². The van der Waals surface area contributed by atoms with Crippen molar-refractivity contribution in [3.63, 3.8) is 0 Å². The molecular weight excluding hydrogens is 246 g/mol. The molecule has 74 valence electrons. The van der Waals surface area contributed by atoms with Crippen molar-refractivity contribution < 1.29 is 9.63 Å². The van der Waals surface area contributed by atoms with Gasteiger partial charge in [-0.15, -0.1) is 0 Å². The zero-order valence-electron chi connectivity index (χ0n) is 7.74. The Hall–Kier alpha value is -0.870. The zero-order chi connectivity index (χ0) is 10.1. The maximum Gasteiger partial charge on any atom is 0.253 e. The molecular formula is C10H10BrNO2. The molecule has 1 saturated heterocycles. The summed E-state index contributed by atoms with van der Waals surface area (Å²) in [6, 6.07) is 7.51. The van der Waals surface area contributed by atoms with Crippen LogP contribution >= 0.6 is 15.9 Å². The molecule has 0 saturated carbocycles. The van der Waals surface area contributed by atoms with Crippen molar-refractivity contribution in [1.29, 1.82) is 0 Å². The number of hydroxylamine groups is 1. The number of anilines is 1. The third kappa shape index (κ3) is 1.67. The molecule has 1 unspecified atom stereocenters. The van der Waals surface area contributed by atoms with Gasteiger partial charge in [-0.2, -0.15) is 5.06 Å². The van der Waals surface area contributed by atoms with Crippen molar-refractivity contribution in [3.8, 4) is 0 Å². The van der Waals surface area contributed by atoms with Crippen LogP contribution in [-0.4, -0.2) is 12.0 Å². The molecule has 14 heavy (non-hydrogen) atoms. The lowest BCUT2D eigenvalue weighted by molar-refractivity contribution is -0.119. The number of amides is 1. The molecule has 1 amide bonds. The van der Waals surface area contributed by atoms with Crippen LogP contribution in [0.1, 0.15) is 13.3 Å². The second-order valence-corrected chi connectivity index (χ2v) is 4.11. The van der Waals surface area contributed by atoms with E-state index in [1.165, 1.54) is 5.06 Å². The van der Waals surface area contributed by atoms with Gasteiger partial charge in [-0.3, -0.25) is 9.63 Å². The summed E-state index contributed by atoms with van der Waals surface area (Å²) in [5.41, 5.74) is 0.766. The number of rotatable bonds is 1. The van der Waals surface area contributed by atoms with Gasteiger partial charge in [0.05, 0.1) is 18.2 Å². The average Bonchev–Trinajstić information content (AvgIpc) is 2.46. The first-order chi connectivity index (χ1) is 6.68. The smallest absolute Gasteiger partial charge is 0.253 e. The highest BCUT2D eigenvalue weighted by Gasteiger charge is 2.30. The summed E-state index contributed by atoms with van der Waals surface area (Å²) in [6.07, 6.45) is 0.413. The second kappa shape index (κ2) is 3.71. The monoisotopic (exact) mass is 255 g/mol. The van der Waals surface area contributed by atoms with E-state index >= 15 is 0 Å². The van der Waals surface area contributed by atoms with E-state index in [4.69, 9.17) is 4.84 Å². The number of nitrogens with zero attached hydrogens (tertiary/aromatic N) is 1. The predicted molar refractivity (Wildman–Crippen MR) is 56.8 cm³/mol. The van der Waals surface area contributed by atoms with Crippen molar-refractivity contribution in [3.05, 3.63) is 28.7 Å². The number of carbonyl (C=O) groups is 1. The van der Waals surface area contributed by atoms with E-state index in [0.717, 1.165) is 10.2 Å². The quantitative estimate of drug-likeness (QED) is 0.772. The number of benzene rings is 1. The molecule has 0 radical (unpaired) electrons. The Morgan fingerprint density at radius 1 is 1.50 bits per heavy atom. The van der Waals surface area contributed by atoms with Crippen LogP contribution in [0.4, 0.5) is 5.69 Å². The second-order valence-electron chi connectivity index (χ2n) is 3.26. The molecule has 1 fully saturated rings. The first-order valence-corrected chi connectivity index (χ1v) is 5.22. The molecule has 0 aromatic heterocycles. The van der Waals surface area contributed by atoms with E-state index in [0.29, 0.717) is 6.42 Å². The third-order valence-electron chi connectivity index (χ3n) is 2.05. The van der Waals surface area contributed by atoms with Crippen LogP contribution in [0.15, 0.2) is 28.7 Å². The van der Waals surface area contributed by atoms with Gasteiger partial charge in [0.1, 0.15) is 0 Å². The summed E-state index contributed by atoms with van der Waals surface area (Å²) < 4.78 is 0.863. The molecule has 1 aromatic rings. The zero-order valence-corrected chi connectivity index (χ0v) is 9.32. The van der Waals surface area contributed by atoms with Gasteiger partial charge in [0, 0.05) is 4.47 Å². The molecule has 1 heterocycles. The van der Waals surface area contributed by atoms with Gasteiger partial charge in [-0.05, 0) is 35.0 Å². The van der Waals surface area contributed by atoms with Crippen LogP contribution < -0.4 is 5.06 Å². The lowest BCUT2D eigenvalue weighted by atomic mass is 10.3. The van der Waals surface area contributed by atoms with Crippen LogP contribution in [-0.2, 0) is 9.63 Å². The van der Waals surface area contributed by atoms with Gasteiger partial charge in [0.25, 0.3) is 5.91 Å². The fourth-order valence-corrected chi connectivity index (χ4v) is 1.86. The van der Waals surface area contributed by atoms with Gasteiger partial charge in [-0.1, -0.05) is 12.1 Å². The standard InChI is InChI=1S/C10H10BrNO2/c1-7-6-10(13)12(14-7)9-5-3-2-4-8(9)11/h2-5,7H,6H2,1H3. The molecule has 0 spiro atoms. The van der Waals surface area contributed by atoms with Crippen LogP contribution in [0.3, 0.4) is 0 Å². The summed E-state index contributed by atoms with van der Waals surface area (Å²) >= 11 is 3.38. The van der Waals surface area contributed by atoms with E-state index in [2.05, 4.69) is 15.9 Å². The minimum absolute atomic E-state index is 0.00407. The van der Waals surface area contributed by atoms with Gasteiger partial charge < -0.3 is 0 Å². The van der Waals surface area contributed by atoms with E-state index in [1.54, 1.807) is 0 Å². The molecule has 0 N–H and O–H groups in total. The summed E-state index contributed by atoms with van der Waals surface area (Å²) in [5, 5.41) is 1.36. The molecule has 0 bridgehead atoms. The van der Waals surface area contributed by atoms with Gasteiger partial charge in [-0.25, -0.2) is 0 Å². The first-order valence-electron chi connectivity index (χ1n) is 4.43. The summed E-state index contributed by atoms with van der Waals surface area (Å²) in [7, 11) is 0. The number of para-hydroxylation sites is 1. The minimum Gasteiger partial charge on any atom is -0.272 e. The molecule has 3 nitrogen and oxygen atoms in total. The van der Waals surface area contributed by atoms with E-state index < -0.39 is 0 Å². The lowest BCUT2D eigenvalue weighted by Gasteiger charge is -2.16. The Labute approximate surface area is 90.7 Å². The highest BCUT2D eigenvalue weighted by atomic mass is 79.9. The van der Waals surface area contributed by atoms with Crippen molar-refractivity contribution in [2.24, 2.45) is 0 Å². The maximum atomic E-state index is 11.5. The fraction of sp³-hybridized carbons (Fsp3) is 0.300. The average molecular weight is 256 g/mol. The Morgan fingerprint density at radius 2 is 2.21 bits per heavy atom. The highest BCUT2D eigenvalue weighted by Crippen LogP contribution is 2.30. The van der Waals surface area contributed by atoms with Crippen molar-refractivity contribution in [2.75, 3.05) is 5.06 Å². The largest absolute Gasteiger partial charge is 0.272 e. The van der Waals surface area contributed by atoms with Crippen LogP contribution in [0, 0.1) is 0 Å². The van der Waals surface area contributed by atoms with Crippen LogP contribution in [0.25, 0.3) is 0 Å². The highest BCUT2D eigenvalue weighted by molar-refractivity contribution is 9.10. The Morgan fingerprint density at radius 3 is 2.79 bits per heavy atom. The topological polar surface area (TPSA) is 29.5 Å². The van der Waals surface area contributed by atoms with Gasteiger partial charge in [0.15, 0.2) is 0 Å². The molecule has 1 atom stereocenters. The Kier molecular flexibility index (Phi) is 2.56. The molecule has 1 aromatic carbocycles. The normalized spacial score (nSPS) is 21.7. The number of hydrogen-bond donors (Lipinski definition) is 0. The van der Waals surface area contributed by atoms with Gasteiger partial charge in [0.2, 0.25) is 0 Å². The molecule has 1 aliphatic rings.